The highest BCUT2D eigenvalue weighted by Crippen LogP contribution is 2.15. The van der Waals surface area contributed by atoms with Crippen LogP contribution in [0.4, 0.5) is 0 Å². The van der Waals surface area contributed by atoms with Crippen LogP contribution in [-0.2, 0) is 10.1 Å². The zero-order valence-electron chi connectivity index (χ0n) is 8.78. The SMILES string of the molecule is O=S(=O)(O)C1=NC(CCO)CN1CCCO. The van der Waals surface area contributed by atoms with Crippen LogP contribution in [0.1, 0.15) is 12.8 Å². The number of aliphatic hydroxyl groups excluding tert-OH is 2. The Hall–Kier alpha value is -0.700. The number of hydrogen-bond donors (Lipinski definition) is 3. The Labute approximate surface area is 94.2 Å². The minimum absolute atomic E-state index is 0.0556. The summed E-state index contributed by atoms with van der Waals surface area (Å²) in [5.41, 5.74) is 0. The smallest absolute Gasteiger partial charge is 0.328 e. The topological polar surface area (TPSA) is 110 Å². The van der Waals surface area contributed by atoms with Crippen LogP contribution in [0.5, 0.6) is 0 Å². The fourth-order valence-electron chi connectivity index (χ4n) is 1.59. The zero-order chi connectivity index (χ0) is 12.2. The molecule has 1 aliphatic rings. The van der Waals surface area contributed by atoms with Gasteiger partial charge in [-0.3, -0.25) is 9.55 Å². The fourth-order valence-corrected chi connectivity index (χ4v) is 2.37. The van der Waals surface area contributed by atoms with Crippen LogP contribution < -0.4 is 0 Å². The molecule has 0 saturated carbocycles. The molecule has 0 fully saturated rings. The summed E-state index contributed by atoms with van der Waals surface area (Å²) in [4.78, 5) is 5.25. The average molecular weight is 252 g/mol. The molecule has 1 unspecified atom stereocenters. The van der Waals surface area contributed by atoms with Crippen LogP contribution in [0.2, 0.25) is 0 Å². The van der Waals surface area contributed by atoms with Gasteiger partial charge in [-0.25, -0.2) is 0 Å². The van der Waals surface area contributed by atoms with E-state index in [-0.39, 0.29) is 24.4 Å². The van der Waals surface area contributed by atoms with Crippen molar-refractivity contribution < 1.29 is 23.2 Å². The van der Waals surface area contributed by atoms with E-state index in [2.05, 4.69) is 4.99 Å². The molecule has 0 aromatic carbocycles. The molecule has 16 heavy (non-hydrogen) atoms. The zero-order valence-corrected chi connectivity index (χ0v) is 9.60. The molecular weight excluding hydrogens is 236 g/mol. The van der Waals surface area contributed by atoms with E-state index in [1.165, 1.54) is 4.90 Å². The van der Waals surface area contributed by atoms with Crippen LogP contribution in [0, 0.1) is 0 Å². The number of amidine groups is 1. The van der Waals surface area contributed by atoms with E-state index in [1.807, 2.05) is 0 Å². The minimum atomic E-state index is -4.32. The molecule has 1 rings (SSSR count). The van der Waals surface area contributed by atoms with E-state index in [0.29, 0.717) is 25.9 Å². The van der Waals surface area contributed by atoms with Crippen molar-refractivity contribution in [1.82, 2.24) is 4.90 Å². The quantitative estimate of drug-likeness (QED) is 0.523. The van der Waals surface area contributed by atoms with Gasteiger partial charge >= 0.3 is 10.1 Å². The van der Waals surface area contributed by atoms with Crippen LogP contribution >= 0.6 is 0 Å². The maximum atomic E-state index is 11.0. The van der Waals surface area contributed by atoms with Crippen molar-refractivity contribution in [3.8, 4) is 0 Å². The first-order valence-corrected chi connectivity index (χ1v) is 6.45. The molecule has 7 nitrogen and oxygen atoms in total. The van der Waals surface area contributed by atoms with Gasteiger partial charge in [0.15, 0.2) is 0 Å². The Morgan fingerprint density at radius 3 is 2.56 bits per heavy atom. The third-order valence-corrected chi connectivity index (χ3v) is 3.10. The lowest BCUT2D eigenvalue weighted by Crippen LogP contribution is -2.35. The third kappa shape index (κ3) is 3.41. The van der Waals surface area contributed by atoms with Crippen molar-refractivity contribution >= 4 is 15.3 Å². The van der Waals surface area contributed by atoms with Crippen molar-refractivity contribution in [3.05, 3.63) is 0 Å². The average Bonchev–Trinajstić information content (AvgIpc) is 2.58. The summed E-state index contributed by atoms with van der Waals surface area (Å²) in [5, 5.41) is 17.0. The van der Waals surface area contributed by atoms with Crippen molar-refractivity contribution in [2.45, 2.75) is 18.9 Å². The first-order valence-electron chi connectivity index (χ1n) is 5.01. The monoisotopic (exact) mass is 252 g/mol. The van der Waals surface area contributed by atoms with Crippen molar-refractivity contribution in [1.29, 1.82) is 0 Å². The minimum Gasteiger partial charge on any atom is -0.396 e. The Bertz CT molecular complexity index is 353. The molecule has 0 radical (unpaired) electrons. The summed E-state index contributed by atoms with van der Waals surface area (Å²) < 4.78 is 31.0. The lowest BCUT2D eigenvalue weighted by molar-refractivity contribution is 0.256. The summed E-state index contributed by atoms with van der Waals surface area (Å²) in [6.45, 7) is 0.521. The summed E-state index contributed by atoms with van der Waals surface area (Å²) in [6.07, 6.45) is 0.759. The predicted octanol–water partition coefficient (Wildman–Crippen LogP) is -1.32. The number of rotatable bonds is 5. The first kappa shape index (κ1) is 13.4. The van der Waals surface area contributed by atoms with Gasteiger partial charge in [0, 0.05) is 26.3 Å². The van der Waals surface area contributed by atoms with Crippen LogP contribution in [0.25, 0.3) is 0 Å². The normalized spacial score (nSPS) is 21.3. The number of aliphatic hydroxyl groups is 2. The second-order valence-corrected chi connectivity index (χ2v) is 4.89. The largest absolute Gasteiger partial charge is 0.396 e. The molecule has 0 aliphatic carbocycles. The van der Waals surface area contributed by atoms with Gasteiger partial charge in [0.05, 0.1) is 6.04 Å². The first-order chi connectivity index (χ1) is 7.49. The van der Waals surface area contributed by atoms with Crippen LogP contribution in [-0.4, -0.2) is 65.6 Å². The standard InChI is InChI=1S/C8H16N2O5S/c11-4-1-3-10-6-7(2-5-12)9-8(10)16(13,14)15/h7,11-12H,1-6H2,(H,13,14,15). The Morgan fingerprint density at radius 1 is 1.38 bits per heavy atom. The van der Waals surface area contributed by atoms with Gasteiger partial charge < -0.3 is 15.1 Å². The molecule has 1 aliphatic heterocycles. The van der Waals surface area contributed by atoms with Gasteiger partial charge in [-0.15, -0.1) is 0 Å². The predicted molar refractivity (Wildman–Crippen MR) is 57.8 cm³/mol. The Morgan fingerprint density at radius 2 is 2.06 bits per heavy atom. The van der Waals surface area contributed by atoms with Crippen molar-refractivity contribution in [3.63, 3.8) is 0 Å². The summed E-state index contributed by atoms with van der Waals surface area (Å²) in [5.74, 6) is 0. The molecule has 0 amide bonds. The van der Waals surface area contributed by atoms with E-state index in [0.717, 1.165) is 0 Å². The highest BCUT2D eigenvalue weighted by atomic mass is 32.2. The van der Waals surface area contributed by atoms with E-state index in [9.17, 15) is 8.42 Å². The van der Waals surface area contributed by atoms with Gasteiger partial charge in [-0.2, -0.15) is 8.42 Å². The molecule has 1 atom stereocenters. The highest BCUT2D eigenvalue weighted by Gasteiger charge is 2.32. The molecule has 94 valence electrons. The van der Waals surface area contributed by atoms with Crippen molar-refractivity contribution in [2.24, 2.45) is 4.99 Å². The Kier molecular flexibility index (Phi) is 4.66. The van der Waals surface area contributed by atoms with E-state index < -0.39 is 10.1 Å². The molecule has 1 heterocycles. The maximum absolute atomic E-state index is 11.0. The summed E-state index contributed by atoms with van der Waals surface area (Å²) in [7, 11) is -4.32. The molecule has 0 bridgehead atoms. The molecule has 0 aromatic rings. The van der Waals surface area contributed by atoms with E-state index >= 15 is 0 Å². The van der Waals surface area contributed by atoms with Gasteiger partial charge in [-0.1, -0.05) is 0 Å². The molecular formula is C8H16N2O5S. The van der Waals surface area contributed by atoms with E-state index in [4.69, 9.17) is 14.8 Å². The second-order valence-electron chi connectivity index (χ2n) is 3.58. The molecule has 0 spiro atoms. The van der Waals surface area contributed by atoms with Gasteiger partial charge in [0.25, 0.3) is 0 Å². The van der Waals surface area contributed by atoms with Crippen LogP contribution in [0.3, 0.4) is 0 Å². The lowest BCUT2D eigenvalue weighted by Gasteiger charge is -2.18. The molecule has 3 N–H and O–H groups in total. The number of aliphatic imine (C=N–C) groups is 1. The lowest BCUT2D eigenvalue weighted by atomic mass is 10.2. The van der Waals surface area contributed by atoms with Gasteiger partial charge in [-0.05, 0) is 12.8 Å². The van der Waals surface area contributed by atoms with Gasteiger partial charge in [0.1, 0.15) is 0 Å². The number of hydrogen-bond acceptors (Lipinski definition) is 6. The molecule has 0 saturated heterocycles. The van der Waals surface area contributed by atoms with Crippen LogP contribution in [0.15, 0.2) is 4.99 Å². The fraction of sp³-hybridized carbons (Fsp3) is 0.875. The van der Waals surface area contributed by atoms with Gasteiger partial charge in [0.2, 0.25) is 5.17 Å². The maximum Gasteiger partial charge on any atom is 0.328 e. The Balaban J connectivity index is 2.75. The number of nitrogens with zero attached hydrogens (tertiary/aromatic N) is 2. The van der Waals surface area contributed by atoms with E-state index in [1.54, 1.807) is 0 Å². The highest BCUT2D eigenvalue weighted by molar-refractivity contribution is 8.01. The van der Waals surface area contributed by atoms with Crippen molar-refractivity contribution in [2.75, 3.05) is 26.3 Å². The molecule has 0 aromatic heterocycles. The second kappa shape index (κ2) is 5.58. The summed E-state index contributed by atoms with van der Waals surface area (Å²) >= 11 is 0. The third-order valence-electron chi connectivity index (χ3n) is 2.27. The summed E-state index contributed by atoms with van der Waals surface area (Å²) in [6, 6.07) is -0.319. The molecule has 8 heteroatoms.